The second-order valence-corrected chi connectivity index (χ2v) is 5.64. The highest BCUT2D eigenvalue weighted by atomic mass is 32.2. The van der Waals surface area contributed by atoms with Gasteiger partial charge in [-0.3, -0.25) is 14.3 Å². The lowest BCUT2D eigenvalue weighted by atomic mass is 9.95. The highest BCUT2D eigenvalue weighted by Gasteiger charge is 2.37. The van der Waals surface area contributed by atoms with Gasteiger partial charge in [0.05, 0.1) is 5.37 Å². The fourth-order valence-corrected chi connectivity index (χ4v) is 3.86. The van der Waals surface area contributed by atoms with Crippen LogP contribution in [0, 0.1) is 18.8 Å². The quantitative estimate of drug-likeness (QED) is 0.677. The number of aromatic amines is 1. The summed E-state index contributed by atoms with van der Waals surface area (Å²) in [6.07, 6.45) is 1.52. The largest absolute Gasteiger partial charge is 0.396 e. The topological polar surface area (TPSA) is 95.3 Å². The molecule has 18 heavy (non-hydrogen) atoms. The Hall–Kier alpha value is -1.05. The van der Waals surface area contributed by atoms with Crippen LogP contribution >= 0.6 is 11.8 Å². The maximum Gasteiger partial charge on any atom is 0.329 e. The monoisotopic (exact) mass is 272 g/mol. The summed E-state index contributed by atoms with van der Waals surface area (Å²) in [5.74, 6) is 0.490. The molecule has 3 atom stereocenters. The van der Waals surface area contributed by atoms with Crippen LogP contribution in [0.15, 0.2) is 15.8 Å². The Morgan fingerprint density at radius 1 is 1.44 bits per heavy atom. The predicted molar refractivity (Wildman–Crippen MR) is 68.7 cm³/mol. The lowest BCUT2D eigenvalue weighted by molar-refractivity contribution is 0.126. The molecule has 0 spiro atoms. The van der Waals surface area contributed by atoms with E-state index in [-0.39, 0.29) is 30.4 Å². The van der Waals surface area contributed by atoms with Gasteiger partial charge >= 0.3 is 5.69 Å². The van der Waals surface area contributed by atoms with Crippen LogP contribution in [-0.4, -0.2) is 38.7 Å². The number of aryl methyl sites for hydroxylation is 1. The molecule has 7 heteroatoms. The fraction of sp³-hybridized carbons (Fsp3) is 0.636. The number of thioether (sulfide) groups is 1. The molecule has 6 nitrogen and oxygen atoms in total. The fourth-order valence-electron chi connectivity index (χ4n) is 2.19. The summed E-state index contributed by atoms with van der Waals surface area (Å²) < 4.78 is 1.44. The molecule has 1 aliphatic heterocycles. The van der Waals surface area contributed by atoms with Crippen LogP contribution in [0.5, 0.6) is 0 Å². The molecule has 0 aliphatic carbocycles. The van der Waals surface area contributed by atoms with Crippen molar-refractivity contribution in [1.29, 1.82) is 0 Å². The van der Waals surface area contributed by atoms with Crippen LogP contribution in [0.4, 0.5) is 0 Å². The van der Waals surface area contributed by atoms with Gasteiger partial charge in [-0.15, -0.1) is 11.8 Å². The summed E-state index contributed by atoms with van der Waals surface area (Å²) in [7, 11) is 0. The molecule has 0 saturated carbocycles. The minimum absolute atomic E-state index is 0.00812. The van der Waals surface area contributed by atoms with Gasteiger partial charge < -0.3 is 10.2 Å². The Balaban J connectivity index is 2.40. The van der Waals surface area contributed by atoms with Gasteiger partial charge in [-0.05, 0) is 12.8 Å². The average Bonchev–Trinajstić information content (AvgIpc) is 2.76. The van der Waals surface area contributed by atoms with E-state index < -0.39 is 11.2 Å². The van der Waals surface area contributed by atoms with Crippen LogP contribution in [0.3, 0.4) is 0 Å². The Morgan fingerprint density at radius 3 is 2.78 bits per heavy atom. The van der Waals surface area contributed by atoms with Crippen LogP contribution in [0.2, 0.25) is 0 Å². The normalized spacial score (nSPS) is 27.6. The third-order valence-corrected chi connectivity index (χ3v) is 4.86. The van der Waals surface area contributed by atoms with E-state index in [1.807, 2.05) is 0 Å². The molecule has 1 aromatic rings. The number of rotatable bonds is 3. The Labute approximate surface area is 108 Å². The van der Waals surface area contributed by atoms with E-state index >= 15 is 0 Å². The minimum atomic E-state index is -0.472. The highest BCUT2D eigenvalue weighted by Crippen LogP contribution is 2.43. The maximum absolute atomic E-state index is 11.8. The highest BCUT2D eigenvalue weighted by molar-refractivity contribution is 7.99. The molecule has 2 heterocycles. The summed E-state index contributed by atoms with van der Waals surface area (Å²) >= 11 is 1.51. The average molecular weight is 272 g/mol. The van der Waals surface area contributed by atoms with E-state index in [1.54, 1.807) is 6.92 Å². The van der Waals surface area contributed by atoms with Crippen LogP contribution in [-0.2, 0) is 0 Å². The molecule has 1 fully saturated rings. The molecule has 1 saturated heterocycles. The first kappa shape index (κ1) is 13.4. The second kappa shape index (κ2) is 5.29. The number of nitrogens with zero attached hydrogens (tertiary/aromatic N) is 1. The first-order valence-electron chi connectivity index (χ1n) is 5.74. The standard InChI is InChI=1S/C11H16N2O4S/c1-6-2-13(11(17)12-9(6)16)10-8(4-15)7(3-14)5-18-10/h2,7-8,10,14-15H,3-5H2,1H3,(H,12,16,17)/t7-,8+,10+/m0/s1. The van der Waals surface area contributed by atoms with Gasteiger partial charge in [0, 0.05) is 36.6 Å². The summed E-state index contributed by atoms with van der Waals surface area (Å²) in [6, 6.07) is 0. The van der Waals surface area contributed by atoms with E-state index in [4.69, 9.17) is 0 Å². The number of aliphatic hydroxyl groups excluding tert-OH is 2. The zero-order valence-electron chi connectivity index (χ0n) is 10.00. The second-order valence-electron chi connectivity index (χ2n) is 4.49. The predicted octanol–water partition coefficient (Wildman–Crippen LogP) is -0.693. The number of hydrogen-bond donors (Lipinski definition) is 3. The van der Waals surface area contributed by atoms with Gasteiger partial charge in [0.1, 0.15) is 0 Å². The molecule has 0 unspecified atom stereocenters. The van der Waals surface area contributed by atoms with Crippen molar-refractivity contribution in [3.05, 3.63) is 32.6 Å². The molecule has 0 radical (unpaired) electrons. The van der Waals surface area contributed by atoms with Crippen molar-refractivity contribution in [3.63, 3.8) is 0 Å². The molecular formula is C11H16N2O4S. The van der Waals surface area contributed by atoms with Gasteiger partial charge in [0.15, 0.2) is 0 Å². The van der Waals surface area contributed by atoms with Crippen molar-refractivity contribution in [2.24, 2.45) is 11.8 Å². The number of nitrogens with one attached hydrogen (secondary N) is 1. The number of aliphatic hydroxyl groups is 2. The third-order valence-electron chi connectivity index (χ3n) is 3.32. The van der Waals surface area contributed by atoms with Crippen molar-refractivity contribution in [2.75, 3.05) is 19.0 Å². The minimum Gasteiger partial charge on any atom is -0.396 e. The zero-order chi connectivity index (χ0) is 13.3. The number of H-pyrrole nitrogens is 1. The summed E-state index contributed by atoms with van der Waals surface area (Å²) in [5, 5.41) is 18.4. The van der Waals surface area contributed by atoms with Crippen molar-refractivity contribution in [2.45, 2.75) is 12.3 Å². The lowest BCUT2D eigenvalue weighted by Gasteiger charge is -2.22. The van der Waals surface area contributed by atoms with E-state index in [1.165, 1.54) is 22.5 Å². The summed E-state index contributed by atoms with van der Waals surface area (Å²) in [6.45, 7) is 1.53. The molecule has 1 aromatic heterocycles. The Kier molecular flexibility index (Phi) is 3.94. The Morgan fingerprint density at radius 2 is 2.17 bits per heavy atom. The van der Waals surface area contributed by atoms with Gasteiger partial charge in [-0.25, -0.2) is 4.79 Å². The molecule has 1 aliphatic rings. The first-order valence-corrected chi connectivity index (χ1v) is 6.78. The van der Waals surface area contributed by atoms with Gasteiger partial charge in [0.2, 0.25) is 0 Å². The molecular weight excluding hydrogens is 256 g/mol. The first-order chi connectivity index (χ1) is 8.58. The zero-order valence-corrected chi connectivity index (χ0v) is 10.8. The van der Waals surface area contributed by atoms with Gasteiger partial charge in [-0.2, -0.15) is 0 Å². The molecule has 2 rings (SSSR count). The molecule has 100 valence electrons. The smallest absolute Gasteiger partial charge is 0.329 e. The van der Waals surface area contributed by atoms with Crippen molar-refractivity contribution in [3.8, 4) is 0 Å². The van der Waals surface area contributed by atoms with Crippen molar-refractivity contribution in [1.82, 2.24) is 9.55 Å². The Bertz CT molecular complexity index is 539. The van der Waals surface area contributed by atoms with E-state index in [0.29, 0.717) is 11.3 Å². The van der Waals surface area contributed by atoms with E-state index in [9.17, 15) is 19.8 Å². The van der Waals surface area contributed by atoms with E-state index in [0.717, 1.165) is 0 Å². The molecule has 0 amide bonds. The molecule has 0 aromatic carbocycles. The summed E-state index contributed by atoms with van der Waals surface area (Å²) in [4.78, 5) is 25.4. The van der Waals surface area contributed by atoms with Crippen LogP contribution in [0.1, 0.15) is 10.9 Å². The van der Waals surface area contributed by atoms with Crippen molar-refractivity contribution < 1.29 is 10.2 Å². The van der Waals surface area contributed by atoms with Gasteiger partial charge in [-0.1, -0.05) is 0 Å². The number of hydrogen-bond acceptors (Lipinski definition) is 5. The molecule has 0 bridgehead atoms. The van der Waals surface area contributed by atoms with Crippen LogP contribution < -0.4 is 11.2 Å². The summed E-state index contributed by atoms with van der Waals surface area (Å²) in [5.41, 5.74) is -0.405. The maximum atomic E-state index is 11.8. The van der Waals surface area contributed by atoms with Gasteiger partial charge in [0.25, 0.3) is 5.56 Å². The van der Waals surface area contributed by atoms with Crippen LogP contribution in [0.25, 0.3) is 0 Å². The lowest BCUT2D eigenvalue weighted by Crippen LogP contribution is -2.35. The van der Waals surface area contributed by atoms with E-state index in [2.05, 4.69) is 4.98 Å². The SMILES string of the molecule is Cc1cn([C@@H]2SC[C@H](CO)[C@H]2CO)c(=O)[nH]c1=O. The molecule has 3 N–H and O–H groups in total. The third kappa shape index (κ3) is 2.25. The number of aromatic nitrogens is 2. The van der Waals surface area contributed by atoms with Crippen molar-refractivity contribution >= 4 is 11.8 Å².